The van der Waals surface area contributed by atoms with Crippen molar-refractivity contribution in [3.05, 3.63) is 65.2 Å². The molecule has 0 radical (unpaired) electrons. The van der Waals surface area contributed by atoms with E-state index in [-0.39, 0.29) is 12.6 Å². The number of carbonyl (C=O) groups excluding carboxylic acids is 1. The summed E-state index contributed by atoms with van der Waals surface area (Å²) in [7, 11) is 0. The summed E-state index contributed by atoms with van der Waals surface area (Å²) < 4.78 is 5.20. The van der Waals surface area contributed by atoms with Gasteiger partial charge in [-0.1, -0.05) is 36.4 Å². The molecule has 2 aromatic carbocycles. The third-order valence-electron chi connectivity index (χ3n) is 3.63. The Hall–Kier alpha value is -2.33. The number of nitrogens with one attached hydrogen (secondary N) is 1. The number of rotatable bonds is 3. The molecule has 0 bridgehead atoms. The van der Waals surface area contributed by atoms with E-state index in [1.165, 1.54) is 11.1 Å². The normalized spacial score (nSPS) is 16.3. The lowest BCUT2D eigenvalue weighted by Gasteiger charge is -2.08. The van der Waals surface area contributed by atoms with Crippen molar-refractivity contribution >= 4 is 11.8 Å². The monoisotopic (exact) mass is 282 g/mol. The van der Waals surface area contributed by atoms with Gasteiger partial charge in [0.2, 0.25) is 0 Å². The summed E-state index contributed by atoms with van der Waals surface area (Å²) in [5.41, 5.74) is 10.1. The van der Waals surface area contributed by atoms with Crippen LogP contribution in [0.15, 0.2) is 48.5 Å². The highest BCUT2D eigenvalue weighted by Crippen LogP contribution is 2.24. The molecule has 0 aromatic heterocycles. The third-order valence-corrected chi connectivity index (χ3v) is 3.63. The maximum atomic E-state index is 11.8. The van der Waals surface area contributed by atoms with Gasteiger partial charge < -0.3 is 10.5 Å². The summed E-state index contributed by atoms with van der Waals surface area (Å²) >= 11 is 0. The summed E-state index contributed by atoms with van der Waals surface area (Å²) in [5, 5.41) is 2.75. The van der Waals surface area contributed by atoms with Gasteiger partial charge in [-0.2, -0.15) is 0 Å². The molecule has 1 amide bonds. The zero-order chi connectivity index (χ0) is 14.7. The molecule has 108 valence electrons. The van der Waals surface area contributed by atoms with E-state index >= 15 is 0 Å². The number of nitrogens with two attached hydrogens (primary N) is 1. The van der Waals surface area contributed by atoms with Gasteiger partial charge in [0.05, 0.1) is 0 Å². The predicted molar refractivity (Wildman–Crippen MR) is 82.1 cm³/mol. The highest BCUT2D eigenvalue weighted by Gasteiger charge is 2.18. The molecule has 0 saturated heterocycles. The van der Waals surface area contributed by atoms with E-state index in [0.717, 1.165) is 24.1 Å². The minimum atomic E-state index is -0.443. The van der Waals surface area contributed by atoms with Crippen molar-refractivity contribution < 1.29 is 9.53 Å². The van der Waals surface area contributed by atoms with Crippen molar-refractivity contribution in [2.24, 2.45) is 5.73 Å². The highest BCUT2D eigenvalue weighted by molar-refractivity contribution is 5.84. The molecular formula is C17H18N2O2. The van der Waals surface area contributed by atoms with Crippen LogP contribution in [0.1, 0.15) is 16.7 Å². The van der Waals surface area contributed by atoms with E-state index in [4.69, 9.17) is 10.5 Å². The van der Waals surface area contributed by atoms with Gasteiger partial charge in [0.1, 0.15) is 6.61 Å². The summed E-state index contributed by atoms with van der Waals surface area (Å²) in [6.45, 7) is 0.266. The molecule has 1 aliphatic rings. The van der Waals surface area contributed by atoms with Crippen LogP contribution in [0.25, 0.3) is 0 Å². The average molecular weight is 282 g/mol. The smallest absolute Gasteiger partial charge is 0.411 e. The quantitative estimate of drug-likeness (QED) is 0.909. The van der Waals surface area contributed by atoms with Crippen molar-refractivity contribution in [1.29, 1.82) is 0 Å². The van der Waals surface area contributed by atoms with E-state index < -0.39 is 6.09 Å². The minimum Gasteiger partial charge on any atom is -0.444 e. The second kappa shape index (κ2) is 5.97. The third kappa shape index (κ3) is 3.41. The Bertz CT molecular complexity index is 640. The molecule has 3 rings (SSSR count). The average Bonchev–Trinajstić information content (AvgIpc) is 2.85. The molecule has 4 nitrogen and oxygen atoms in total. The molecule has 0 spiro atoms. The summed E-state index contributed by atoms with van der Waals surface area (Å²) in [6.07, 6.45) is 1.33. The molecule has 2 aromatic rings. The molecule has 21 heavy (non-hydrogen) atoms. The fraction of sp³-hybridized carbons (Fsp3) is 0.235. The first-order chi connectivity index (χ1) is 10.2. The van der Waals surface area contributed by atoms with Crippen LogP contribution in [-0.4, -0.2) is 12.1 Å². The SMILES string of the molecule is NC1Cc2ccc(NC(=O)OCc3ccccc3)cc2C1. The van der Waals surface area contributed by atoms with Gasteiger partial charge >= 0.3 is 6.09 Å². The van der Waals surface area contributed by atoms with Gasteiger partial charge in [0.15, 0.2) is 0 Å². The van der Waals surface area contributed by atoms with Crippen LogP contribution in [0.4, 0.5) is 10.5 Å². The number of carbonyl (C=O) groups is 1. The number of hydrogen-bond donors (Lipinski definition) is 2. The van der Waals surface area contributed by atoms with Gasteiger partial charge in [-0.25, -0.2) is 4.79 Å². The first kappa shape index (κ1) is 13.6. The molecule has 1 aliphatic carbocycles. The molecule has 0 fully saturated rings. The number of fused-ring (bicyclic) bond motifs is 1. The zero-order valence-electron chi connectivity index (χ0n) is 11.7. The number of benzene rings is 2. The van der Waals surface area contributed by atoms with Crippen LogP contribution in [0.5, 0.6) is 0 Å². The Morgan fingerprint density at radius 3 is 2.71 bits per heavy atom. The Morgan fingerprint density at radius 1 is 1.14 bits per heavy atom. The van der Waals surface area contributed by atoms with Gasteiger partial charge in [0, 0.05) is 11.7 Å². The Kier molecular flexibility index (Phi) is 3.88. The first-order valence-electron chi connectivity index (χ1n) is 7.06. The second-order valence-corrected chi connectivity index (χ2v) is 5.34. The van der Waals surface area contributed by atoms with Gasteiger partial charge in [-0.05, 0) is 41.7 Å². The van der Waals surface area contributed by atoms with E-state index in [1.54, 1.807) is 0 Å². The molecule has 0 aliphatic heterocycles. The highest BCUT2D eigenvalue weighted by atomic mass is 16.5. The van der Waals surface area contributed by atoms with Crippen LogP contribution in [-0.2, 0) is 24.2 Å². The van der Waals surface area contributed by atoms with Crippen molar-refractivity contribution in [2.45, 2.75) is 25.5 Å². The first-order valence-corrected chi connectivity index (χ1v) is 7.06. The maximum Gasteiger partial charge on any atom is 0.411 e. The number of hydrogen-bond acceptors (Lipinski definition) is 3. The predicted octanol–water partition coefficient (Wildman–Crippen LogP) is 2.86. The number of amides is 1. The largest absolute Gasteiger partial charge is 0.444 e. The summed E-state index contributed by atoms with van der Waals surface area (Å²) in [5.74, 6) is 0. The minimum absolute atomic E-state index is 0.195. The van der Waals surface area contributed by atoms with Crippen LogP contribution in [0.3, 0.4) is 0 Å². The fourth-order valence-corrected chi connectivity index (χ4v) is 2.61. The van der Waals surface area contributed by atoms with Crippen molar-refractivity contribution in [3.63, 3.8) is 0 Å². The molecule has 1 atom stereocenters. The Balaban J connectivity index is 1.57. The number of ether oxygens (including phenoxy) is 1. The lowest BCUT2D eigenvalue weighted by molar-refractivity contribution is 0.155. The zero-order valence-corrected chi connectivity index (χ0v) is 11.7. The Morgan fingerprint density at radius 2 is 1.90 bits per heavy atom. The lowest BCUT2D eigenvalue weighted by atomic mass is 10.1. The molecule has 1 unspecified atom stereocenters. The summed E-state index contributed by atoms with van der Waals surface area (Å²) in [4.78, 5) is 11.8. The van der Waals surface area contributed by atoms with Crippen molar-refractivity contribution in [1.82, 2.24) is 0 Å². The maximum absolute atomic E-state index is 11.8. The van der Waals surface area contributed by atoms with Gasteiger partial charge in [-0.15, -0.1) is 0 Å². The molecule has 3 N–H and O–H groups in total. The van der Waals surface area contributed by atoms with Crippen LogP contribution >= 0.6 is 0 Å². The van der Waals surface area contributed by atoms with Gasteiger partial charge in [0.25, 0.3) is 0 Å². The molecule has 0 heterocycles. The molecule has 0 saturated carbocycles. The number of anilines is 1. The van der Waals surface area contributed by atoms with Crippen molar-refractivity contribution in [2.75, 3.05) is 5.32 Å². The Labute approximate surface area is 123 Å². The standard InChI is InChI=1S/C17H18N2O2/c18-15-8-13-6-7-16(10-14(13)9-15)19-17(20)21-11-12-4-2-1-3-5-12/h1-7,10,15H,8-9,11,18H2,(H,19,20). The van der Waals surface area contributed by atoms with Gasteiger partial charge in [-0.3, -0.25) is 5.32 Å². The van der Waals surface area contributed by atoms with E-state index in [9.17, 15) is 4.79 Å². The topological polar surface area (TPSA) is 64.3 Å². The fourth-order valence-electron chi connectivity index (χ4n) is 2.61. The van der Waals surface area contributed by atoms with E-state index in [2.05, 4.69) is 5.32 Å². The van der Waals surface area contributed by atoms with Crippen LogP contribution in [0, 0.1) is 0 Å². The van der Waals surface area contributed by atoms with Crippen molar-refractivity contribution in [3.8, 4) is 0 Å². The second-order valence-electron chi connectivity index (χ2n) is 5.34. The van der Waals surface area contributed by atoms with Crippen LogP contribution in [0.2, 0.25) is 0 Å². The van der Waals surface area contributed by atoms with E-state index in [0.29, 0.717) is 0 Å². The summed E-state index contributed by atoms with van der Waals surface area (Å²) in [6, 6.07) is 15.7. The van der Waals surface area contributed by atoms with Crippen LogP contribution < -0.4 is 11.1 Å². The van der Waals surface area contributed by atoms with E-state index in [1.807, 2.05) is 48.5 Å². The molecular weight excluding hydrogens is 264 g/mol. The molecule has 4 heteroatoms. The lowest BCUT2D eigenvalue weighted by Crippen LogP contribution is -2.19.